The molecule has 0 saturated carbocycles. The summed E-state index contributed by atoms with van der Waals surface area (Å²) in [5.74, 6) is 0.520. The average molecular weight is 431 g/mol. The van der Waals surface area contributed by atoms with Gasteiger partial charge in [0.1, 0.15) is 0 Å². The van der Waals surface area contributed by atoms with Crippen LogP contribution in [-0.2, 0) is 11.3 Å². The molecule has 3 aromatic rings. The molecule has 2 N–H and O–H groups in total. The van der Waals surface area contributed by atoms with E-state index in [0.717, 1.165) is 16.8 Å². The normalized spacial score (nSPS) is 10.4. The van der Waals surface area contributed by atoms with Gasteiger partial charge in [-0.25, -0.2) is 4.79 Å². The monoisotopic (exact) mass is 430 g/mol. The standard InChI is InChI=1S/C20H19ClN4O3S/c1-3-27-19(26)14-6-9-16(12(2)10-14)23-20(29)22-11-17-24-18(25-28-17)13-4-7-15(21)8-5-13/h4-10H,3,11H2,1-2H3,(H2,22,23,29). The maximum Gasteiger partial charge on any atom is 0.338 e. The molecule has 3 rings (SSSR count). The molecule has 7 nitrogen and oxygen atoms in total. The van der Waals surface area contributed by atoms with E-state index in [9.17, 15) is 4.79 Å². The van der Waals surface area contributed by atoms with Gasteiger partial charge in [-0.05, 0) is 74.1 Å². The number of esters is 1. The van der Waals surface area contributed by atoms with Gasteiger partial charge in [0.25, 0.3) is 0 Å². The molecule has 150 valence electrons. The van der Waals surface area contributed by atoms with E-state index in [-0.39, 0.29) is 12.5 Å². The van der Waals surface area contributed by atoms with Crippen LogP contribution in [0.15, 0.2) is 47.0 Å². The number of thiocarbonyl (C=S) groups is 1. The molecule has 0 aliphatic rings. The van der Waals surface area contributed by atoms with Crippen LogP contribution in [0.2, 0.25) is 5.02 Å². The third kappa shape index (κ3) is 5.52. The number of carbonyl (C=O) groups excluding carboxylic acids is 1. The summed E-state index contributed by atoms with van der Waals surface area (Å²) < 4.78 is 10.2. The maximum atomic E-state index is 11.8. The first-order valence-electron chi connectivity index (χ1n) is 8.87. The Labute approximate surface area is 178 Å². The van der Waals surface area contributed by atoms with Gasteiger partial charge in [-0.2, -0.15) is 4.98 Å². The van der Waals surface area contributed by atoms with Crippen molar-refractivity contribution in [2.45, 2.75) is 20.4 Å². The zero-order chi connectivity index (χ0) is 20.8. The van der Waals surface area contributed by atoms with Crippen molar-refractivity contribution in [3.05, 3.63) is 64.5 Å². The molecule has 0 bridgehead atoms. The second-order valence-electron chi connectivity index (χ2n) is 6.08. The van der Waals surface area contributed by atoms with E-state index in [1.807, 2.05) is 19.1 Å². The number of hydrogen-bond donors (Lipinski definition) is 2. The predicted molar refractivity (Wildman–Crippen MR) is 115 cm³/mol. The first kappa shape index (κ1) is 20.8. The van der Waals surface area contributed by atoms with Crippen LogP contribution >= 0.6 is 23.8 Å². The summed E-state index contributed by atoms with van der Waals surface area (Å²) in [6.45, 7) is 4.25. The largest absolute Gasteiger partial charge is 0.462 e. The zero-order valence-electron chi connectivity index (χ0n) is 15.9. The van der Waals surface area contributed by atoms with Gasteiger partial charge >= 0.3 is 5.97 Å². The van der Waals surface area contributed by atoms with Crippen molar-refractivity contribution >= 4 is 40.6 Å². The number of benzene rings is 2. The molecule has 0 unspecified atom stereocenters. The number of rotatable bonds is 6. The Hall–Kier alpha value is -2.97. The molecule has 0 aliphatic carbocycles. The number of ether oxygens (including phenoxy) is 1. The summed E-state index contributed by atoms with van der Waals surface area (Å²) in [7, 11) is 0. The molecule has 0 aliphatic heterocycles. The van der Waals surface area contributed by atoms with Crippen molar-refractivity contribution in [1.82, 2.24) is 15.5 Å². The van der Waals surface area contributed by atoms with Crippen LogP contribution in [0.5, 0.6) is 0 Å². The lowest BCUT2D eigenvalue weighted by Gasteiger charge is -2.12. The topological polar surface area (TPSA) is 89.3 Å². The molecule has 9 heteroatoms. The van der Waals surface area contributed by atoms with Crippen molar-refractivity contribution in [3.63, 3.8) is 0 Å². The van der Waals surface area contributed by atoms with Gasteiger partial charge in [0.2, 0.25) is 11.7 Å². The van der Waals surface area contributed by atoms with Crippen LogP contribution in [0.1, 0.15) is 28.7 Å². The number of aromatic nitrogens is 2. The highest BCUT2D eigenvalue weighted by Gasteiger charge is 2.11. The average Bonchev–Trinajstić information content (AvgIpc) is 3.18. The summed E-state index contributed by atoms with van der Waals surface area (Å²) in [5, 5.41) is 11.1. The van der Waals surface area contributed by atoms with E-state index in [1.165, 1.54) is 0 Å². The number of nitrogens with zero attached hydrogens (tertiary/aromatic N) is 2. The van der Waals surface area contributed by atoms with Crippen LogP contribution < -0.4 is 10.6 Å². The Balaban J connectivity index is 1.56. The van der Waals surface area contributed by atoms with Gasteiger partial charge in [-0.3, -0.25) is 0 Å². The second kappa shape index (κ2) is 9.49. The molecule has 0 radical (unpaired) electrons. The highest BCUT2D eigenvalue weighted by molar-refractivity contribution is 7.80. The van der Waals surface area contributed by atoms with E-state index in [0.29, 0.717) is 34.0 Å². The number of carbonyl (C=O) groups is 1. The van der Waals surface area contributed by atoms with Crippen LogP contribution in [-0.4, -0.2) is 27.8 Å². The van der Waals surface area contributed by atoms with Crippen LogP contribution in [0.3, 0.4) is 0 Å². The molecular formula is C20H19ClN4O3S. The molecule has 0 saturated heterocycles. The first-order valence-corrected chi connectivity index (χ1v) is 9.66. The van der Waals surface area contributed by atoms with Gasteiger partial charge in [-0.1, -0.05) is 16.8 Å². The smallest absolute Gasteiger partial charge is 0.338 e. The minimum Gasteiger partial charge on any atom is -0.462 e. The second-order valence-corrected chi connectivity index (χ2v) is 6.92. The van der Waals surface area contributed by atoms with E-state index in [2.05, 4.69) is 20.8 Å². The Bertz CT molecular complexity index is 1020. The third-order valence-corrected chi connectivity index (χ3v) is 4.45. The molecule has 1 aromatic heterocycles. The SMILES string of the molecule is CCOC(=O)c1ccc(NC(=S)NCc2nc(-c3ccc(Cl)cc3)no2)c(C)c1. The van der Waals surface area contributed by atoms with Gasteiger partial charge in [0.05, 0.1) is 18.7 Å². The quantitative estimate of drug-likeness (QED) is 0.440. The van der Waals surface area contributed by atoms with Crippen molar-refractivity contribution in [2.24, 2.45) is 0 Å². The Morgan fingerprint density at radius 1 is 1.24 bits per heavy atom. The number of aryl methyl sites for hydroxylation is 1. The Kier molecular flexibility index (Phi) is 6.79. The Morgan fingerprint density at radius 2 is 2.00 bits per heavy atom. The lowest BCUT2D eigenvalue weighted by Crippen LogP contribution is -2.28. The highest BCUT2D eigenvalue weighted by atomic mass is 35.5. The minimum atomic E-state index is -0.351. The fourth-order valence-corrected chi connectivity index (χ4v) is 2.82. The summed E-state index contributed by atoms with van der Waals surface area (Å²) in [6, 6.07) is 12.4. The van der Waals surface area contributed by atoms with Crippen LogP contribution in [0.4, 0.5) is 5.69 Å². The molecule has 0 atom stereocenters. The van der Waals surface area contributed by atoms with E-state index in [1.54, 1.807) is 37.3 Å². The summed E-state index contributed by atoms with van der Waals surface area (Å²) >= 11 is 11.2. The molecular weight excluding hydrogens is 412 g/mol. The van der Waals surface area contributed by atoms with E-state index >= 15 is 0 Å². The van der Waals surface area contributed by atoms with Crippen LogP contribution in [0.25, 0.3) is 11.4 Å². The fraction of sp³-hybridized carbons (Fsp3) is 0.200. The minimum absolute atomic E-state index is 0.270. The summed E-state index contributed by atoms with van der Waals surface area (Å²) in [4.78, 5) is 16.1. The summed E-state index contributed by atoms with van der Waals surface area (Å²) in [5.41, 5.74) is 2.95. The number of hydrogen-bond acceptors (Lipinski definition) is 6. The number of halogens is 1. The molecule has 0 amide bonds. The lowest BCUT2D eigenvalue weighted by atomic mass is 10.1. The first-order chi connectivity index (χ1) is 14.0. The number of anilines is 1. The van der Waals surface area contributed by atoms with E-state index in [4.69, 9.17) is 33.1 Å². The third-order valence-electron chi connectivity index (χ3n) is 3.96. The maximum absolute atomic E-state index is 11.8. The van der Waals surface area contributed by atoms with Crippen molar-refractivity contribution in [1.29, 1.82) is 0 Å². The van der Waals surface area contributed by atoms with Crippen molar-refractivity contribution in [2.75, 3.05) is 11.9 Å². The Morgan fingerprint density at radius 3 is 2.69 bits per heavy atom. The van der Waals surface area contributed by atoms with Crippen LogP contribution in [0, 0.1) is 6.92 Å². The zero-order valence-corrected chi connectivity index (χ0v) is 17.4. The molecule has 0 fully saturated rings. The van der Waals surface area contributed by atoms with E-state index < -0.39 is 0 Å². The van der Waals surface area contributed by atoms with Gasteiger partial charge in [0.15, 0.2) is 5.11 Å². The number of nitrogens with one attached hydrogen (secondary N) is 2. The molecule has 2 aromatic carbocycles. The molecule has 0 spiro atoms. The van der Waals surface area contributed by atoms with Gasteiger partial charge < -0.3 is 19.9 Å². The highest BCUT2D eigenvalue weighted by Crippen LogP contribution is 2.19. The summed E-state index contributed by atoms with van der Waals surface area (Å²) in [6.07, 6.45) is 0. The predicted octanol–water partition coefficient (Wildman–Crippen LogP) is 4.36. The fourth-order valence-electron chi connectivity index (χ4n) is 2.51. The molecule has 29 heavy (non-hydrogen) atoms. The van der Waals surface area contributed by atoms with Crippen molar-refractivity contribution < 1.29 is 14.1 Å². The molecule has 1 heterocycles. The lowest BCUT2D eigenvalue weighted by molar-refractivity contribution is 0.0526. The van der Waals surface area contributed by atoms with Crippen molar-refractivity contribution in [3.8, 4) is 11.4 Å². The van der Waals surface area contributed by atoms with Gasteiger partial charge in [0, 0.05) is 16.3 Å². The van der Waals surface area contributed by atoms with Gasteiger partial charge in [-0.15, -0.1) is 0 Å².